The number of aromatic nitrogens is 4. The van der Waals surface area contributed by atoms with Crippen LogP contribution in [0.5, 0.6) is 0 Å². The highest BCUT2D eigenvalue weighted by molar-refractivity contribution is 5.47. The molecule has 0 aliphatic heterocycles. The van der Waals surface area contributed by atoms with Crippen LogP contribution in [-0.2, 0) is 6.18 Å². The third-order valence-electron chi connectivity index (χ3n) is 4.02. The molecular formula is C17H17F4N5O. The number of aryl methyl sites for hydroxylation is 1. The first kappa shape index (κ1) is 19.0. The molecule has 27 heavy (non-hydrogen) atoms. The summed E-state index contributed by atoms with van der Waals surface area (Å²) in [5, 5.41) is 17.5. The molecule has 2 heterocycles. The molecule has 0 unspecified atom stereocenters. The van der Waals surface area contributed by atoms with Gasteiger partial charge in [0.1, 0.15) is 18.0 Å². The van der Waals surface area contributed by atoms with Gasteiger partial charge in [-0.3, -0.25) is 0 Å². The number of fused-ring (bicyclic) bond motifs is 1. The van der Waals surface area contributed by atoms with Gasteiger partial charge in [0.2, 0.25) is 0 Å². The molecule has 0 amide bonds. The monoisotopic (exact) mass is 383 g/mol. The lowest BCUT2D eigenvalue weighted by Gasteiger charge is -2.32. The molecule has 0 saturated carbocycles. The van der Waals surface area contributed by atoms with Crippen LogP contribution in [0.25, 0.3) is 5.78 Å². The van der Waals surface area contributed by atoms with Crippen LogP contribution in [0.15, 0.2) is 30.6 Å². The second kappa shape index (κ2) is 6.45. The quantitative estimate of drug-likeness (QED) is 0.675. The van der Waals surface area contributed by atoms with E-state index in [4.69, 9.17) is 0 Å². The number of nitrogens with one attached hydrogen (secondary N) is 1. The van der Waals surface area contributed by atoms with E-state index in [0.29, 0.717) is 23.4 Å². The van der Waals surface area contributed by atoms with E-state index >= 15 is 0 Å². The zero-order valence-corrected chi connectivity index (χ0v) is 14.7. The molecule has 0 aliphatic rings. The van der Waals surface area contributed by atoms with Gasteiger partial charge in [-0.2, -0.15) is 27.8 Å². The van der Waals surface area contributed by atoms with Crippen LogP contribution in [-0.4, -0.2) is 30.3 Å². The number of rotatable bonds is 4. The second-order valence-corrected chi connectivity index (χ2v) is 6.72. The smallest absolute Gasteiger partial charge is 0.388 e. The van der Waals surface area contributed by atoms with Crippen molar-refractivity contribution in [2.24, 2.45) is 0 Å². The minimum absolute atomic E-state index is 0.113. The largest absolute Gasteiger partial charge is 0.416 e. The summed E-state index contributed by atoms with van der Waals surface area (Å²) in [5.41, 5.74) is -2.12. The minimum atomic E-state index is -4.66. The molecule has 3 rings (SSSR count). The zero-order chi connectivity index (χ0) is 20.0. The summed E-state index contributed by atoms with van der Waals surface area (Å²) in [6, 6.07) is 2.76. The molecule has 0 fully saturated rings. The molecule has 2 aromatic heterocycles. The van der Waals surface area contributed by atoms with Crippen LogP contribution in [0, 0.1) is 12.7 Å². The molecule has 1 aromatic carbocycles. The summed E-state index contributed by atoms with van der Waals surface area (Å²) in [7, 11) is 0. The van der Waals surface area contributed by atoms with Gasteiger partial charge in [-0.1, -0.05) is 6.07 Å². The van der Waals surface area contributed by atoms with E-state index in [-0.39, 0.29) is 5.56 Å². The Labute approximate surface area is 151 Å². The standard InChI is InChI=1S/C17H17F4N5O/c1-9-6-13(26-15(24-9)22-8-23-26)25-14(16(2,3)27)11-5-4-10(7-12(11)18)17(19,20)21/h4-8,14,25,27H,1-3H3/t14-/m0/s1. The van der Waals surface area contributed by atoms with Crippen LogP contribution < -0.4 is 5.32 Å². The number of nitrogens with zero attached hydrogens (tertiary/aromatic N) is 4. The maximum absolute atomic E-state index is 14.5. The SMILES string of the molecule is Cc1cc(N[C@@H](c2ccc(C(F)(F)F)cc2F)C(C)(C)O)n2ncnc2n1. The normalized spacial score (nSPS) is 13.8. The predicted octanol–water partition coefficient (Wildman–Crippen LogP) is 3.51. The summed E-state index contributed by atoms with van der Waals surface area (Å²) in [5.74, 6) is -0.425. The Bertz CT molecular complexity index is 978. The lowest BCUT2D eigenvalue weighted by atomic mass is 9.90. The zero-order valence-electron chi connectivity index (χ0n) is 14.7. The van der Waals surface area contributed by atoms with Gasteiger partial charge >= 0.3 is 6.18 Å². The Balaban J connectivity index is 2.07. The fourth-order valence-corrected chi connectivity index (χ4v) is 2.75. The molecule has 6 nitrogen and oxygen atoms in total. The lowest BCUT2D eigenvalue weighted by molar-refractivity contribution is -0.137. The van der Waals surface area contributed by atoms with Crippen LogP contribution in [0.3, 0.4) is 0 Å². The van der Waals surface area contributed by atoms with Crippen molar-refractivity contribution in [2.45, 2.75) is 38.6 Å². The molecule has 3 aromatic rings. The number of anilines is 1. The Hall–Kier alpha value is -2.75. The first-order valence-corrected chi connectivity index (χ1v) is 8.00. The van der Waals surface area contributed by atoms with Crippen molar-refractivity contribution < 1.29 is 22.7 Å². The summed E-state index contributed by atoms with van der Waals surface area (Å²) in [4.78, 5) is 8.16. The van der Waals surface area contributed by atoms with Crippen LogP contribution in [0.2, 0.25) is 0 Å². The van der Waals surface area contributed by atoms with Crippen molar-refractivity contribution in [3.8, 4) is 0 Å². The Morgan fingerprint density at radius 2 is 1.89 bits per heavy atom. The van der Waals surface area contributed by atoms with Gasteiger partial charge in [0, 0.05) is 17.3 Å². The lowest BCUT2D eigenvalue weighted by Crippen LogP contribution is -2.35. The van der Waals surface area contributed by atoms with E-state index in [0.717, 1.165) is 12.1 Å². The number of benzene rings is 1. The fourth-order valence-electron chi connectivity index (χ4n) is 2.75. The highest BCUT2D eigenvalue weighted by Gasteiger charge is 2.35. The Kier molecular flexibility index (Phi) is 4.54. The number of hydrogen-bond donors (Lipinski definition) is 2. The van der Waals surface area contributed by atoms with E-state index in [1.165, 1.54) is 24.7 Å². The van der Waals surface area contributed by atoms with Crippen molar-refractivity contribution in [3.63, 3.8) is 0 Å². The predicted molar refractivity (Wildman–Crippen MR) is 89.6 cm³/mol. The Morgan fingerprint density at radius 1 is 1.19 bits per heavy atom. The molecule has 0 aliphatic carbocycles. The van der Waals surface area contributed by atoms with E-state index in [9.17, 15) is 22.7 Å². The molecule has 0 radical (unpaired) electrons. The summed E-state index contributed by atoms with van der Waals surface area (Å²) < 4.78 is 54.3. The van der Waals surface area contributed by atoms with Crippen molar-refractivity contribution >= 4 is 11.6 Å². The maximum atomic E-state index is 14.5. The van der Waals surface area contributed by atoms with Gasteiger partial charge in [-0.15, -0.1) is 0 Å². The summed E-state index contributed by atoms with van der Waals surface area (Å²) >= 11 is 0. The highest BCUT2D eigenvalue weighted by atomic mass is 19.4. The molecule has 0 spiro atoms. The average Bonchev–Trinajstić information content (AvgIpc) is 2.99. The van der Waals surface area contributed by atoms with Crippen LogP contribution >= 0.6 is 0 Å². The van der Waals surface area contributed by atoms with Gasteiger partial charge < -0.3 is 10.4 Å². The van der Waals surface area contributed by atoms with Crippen molar-refractivity contribution in [1.29, 1.82) is 0 Å². The number of halogens is 4. The van der Waals surface area contributed by atoms with Crippen LogP contribution in [0.1, 0.15) is 36.7 Å². The van der Waals surface area contributed by atoms with Crippen molar-refractivity contribution in [1.82, 2.24) is 19.6 Å². The molecule has 0 bridgehead atoms. The molecular weight excluding hydrogens is 366 g/mol. The van der Waals surface area contributed by atoms with Crippen molar-refractivity contribution in [3.05, 3.63) is 53.2 Å². The molecule has 144 valence electrons. The van der Waals surface area contributed by atoms with Gasteiger partial charge in [-0.05, 0) is 32.9 Å². The van der Waals surface area contributed by atoms with Gasteiger partial charge in [0.05, 0.1) is 17.2 Å². The Morgan fingerprint density at radius 3 is 2.48 bits per heavy atom. The second-order valence-electron chi connectivity index (χ2n) is 6.72. The van der Waals surface area contributed by atoms with Crippen molar-refractivity contribution in [2.75, 3.05) is 5.32 Å². The van der Waals surface area contributed by atoms with E-state index in [1.807, 2.05) is 0 Å². The number of aliphatic hydroxyl groups is 1. The summed E-state index contributed by atoms with van der Waals surface area (Å²) in [6.45, 7) is 4.57. The minimum Gasteiger partial charge on any atom is -0.388 e. The number of hydrogen-bond acceptors (Lipinski definition) is 5. The molecule has 10 heteroatoms. The topological polar surface area (TPSA) is 75.3 Å². The molecule has 0 saturated heterocycles. The maximum Gasteiger partial charge on any atom is 0.416 e. The van der Waals surface area contributed by atoms with Crippen LogP contribution in [0.4, 0.5) is 23.4 Å². The highest BCUT2D eigenvalue weighted by Crippen LogP contribution is 2.35. The first-order chi connectivity index (χ1) is 12.5. The van der Waals surface area contributed by atoms with Gasteiger partial charge in [0.15, 0.2) is 0 Å². The molecule has 2 N–H and O–H groups in total. The summed E-state index contributed by atoms with van der Waals surface area (Å²) in [6.07, 6.45) is -3.38. The van der Waals surface area contributed by atoms with Gasteiger partial charge in [-0.25, -0.2) is 9.37 Å². The third kappa shape index (κ3) is 3.85. The van der Waals surface area contributed by atoms with E-state index in [2.05, 4.69) is 20.4 Å². The number of alkyl halides is 3. The third-order valence-corrected chi connectivity index (χ3v) is 4.02. The van der Waals surface area contributed by atoms with E-state index in [1.54, 1.807) is 13.0 Å². The van der Waals surface area contributed by atoms with E-state index < -0.39 is 29.2 Å². The van der Waals surface area contributed by atoms with Gasteiger partial charge in [0.25, 0.3) is 5.78 Å². The molecule has 1 atom stereocenters. The fraction of sp³-hybridized carbons (Fsp3) is 0.353. The average molecular weight is 383 g/mol. The first-order valence-electron chi connectivity index (χ1n) is 8.00.